The Hall–Kier alpha value is -1.50. The lowest BCUT2D eigenvalue weighted by Gasteiger charge is -2.29. The van der Waals surface area contributed by atoms with E-state index >= 15 is 0 Å². The number of nitrogens with two attached hydrogens (primary N) is 2. The van der Waals surface area contributed by atoms with Gasteiger partial charge in [-0.3, -0.25) is 4.79 Å². The monoisotopic (exact) mass is 295 g/mol. The number of nitrogens with zero attached hydrogens (tertiary/aromatic N) is 2. The summed E-state index contributed by atoms with van der Waals surface area (Å²) in [5.74, 6) is 1.49. The number of nitrogens with one attached hydrogen (secondary N) is 1. The Bertz CT molecular complexity index is 462. The van der Waals surface area contributed by atoms with Gasteiger partial charge in [-0.1, -0.05) is 31.5 Å². The van der Waals surface area contributed by atoms with E-state index in [0.717, 1.165) is 6.42 Å². The van der Waals surface area contributed by atoms with Crippen LogP contribution in [0, 0.1) is 5.92 Å². The number of aromatic nitrogens is 2. The van der Waals surface area contributed by atoms with Crippen LogP contribution >= 0.6 is 11.8 Å². The summed E-state index contributed by atoms with van der Waals surface area (Å²) in [4.78, 5) is 20.0. The molecule has 1 heterocycles. The first kappa shape index (κ1) is 14.9. The van der Waals surface area contributed by atoms with E-state index in [1.165, 1.54) is 37.1 Å². The summed E-state index contributed by atoms with van der Waals surface area (Å²) >= 11 is 1.25. The number of anilines is 2. The topological polar surface area (TPSA) is 107 Å². The molecule has 2 rings (SSSR count). The molecule has 7 heteroatoms. The average molecular weight is 295 g/mol. The summed E-state index contributed by atoms with van der Waals surface area (Å²) in [5, 5.41) is 3.53. The predicted octanol–water partition coefficient (Wildman–Crippen LogP) is 1.43. The van der Waals surface area contributed by atoms with Crippen LogP contribution in [0.1, 0.15) is 32.6 Å². The summed E-state index contributed by atoms with van der Waals surface area (Å²) in [6.45, 7) is 2.19. The minimum Gasteiger partial charge on any atom is -0.383 e. The Morgan fingerprint density at radius 3 is 2.65 bits per heavy atom. The van der Waals surface area contributed by atoms with Crippen molar-refractivity contribution in [1.82, 2.24) is 15.3 Å². The lowest BCUT2D eigenvalue weighted by Crippen LogP contribution is -2.41. The van der Waals surface area contributed by atoms with Crippen molar-refractivity contribution >= 4 is 29.3 Å². The smallest absolute Gasteiger partial charge is 0.230 e. The second kappa shape index (κ2) is 6.78. The molecule has 1 aliphatic rings. The SMILES string of the molecule is C[C@H]1CCCC[C@@H]1NC(=O)CSc1nc(N)cc(N)n1. The van der Waals surface area contributed by atoms with Gasteiger partial charge in [0.1, 0.15) is 11.6 Å². The highest BCUT2D eigenvalue weighted by Crippen LogP contribution is 2.24. The molecule has 1 amide bonds. The third-order valence-corrected chi connectivity index (χ3v) is 4.38. The van der Waals surface area contributed by atoms with Gasteiger partial charge in [-0.15, -0.1) is 0 Å². The van der Waals surface area contributed by atoms with Gasteiger partial charge < -0.3 is 16.8 Å². The van der Waals surface area contributed by atoms with Crippen LogP contribution in [0.5, 0.6) is 0 Å². The lowest BCUT2D eigenvalue weighted by atomic mass is 9.86. The molecule has 0 aromatic carbocycles. The summed E-state index contributed by atoms with van der Waals surface area (Å²) < 4.78 is 0. The summed E-state index contributed by atoms with van der Waals surface area (Å²) in [6.07, 6.45) is 4.71. The molecular weight excluding hydrogens is 274 g/mol. The van der Waals surface area contributed by atoms with E-state index < -0.39 is 0 Å². The summed E-state index contributed by atoms with van der Waals surface area (Å²) in [7, 11) is 0. The molecule has 1 saturated carbocycles. The van der Waals surface area contributed by atoms with Gasteiger partial charge in [-0.25, -0.2) is 9.97 Å². The minimum atomic E-state index is 0.0124. The number of hydrogen-bond acceptors (Lipinski definition) is 6. The van der Waals surface area contributed by atoms with Gasteiger partial charge in [0.25, 0.3) is 0 Å². The molecule has 1 aliphatic carbocycles. The standard InChI is InChI=1S/C13H21N5OS/c1-8-4-2-3-5-9(8)16-12(19)7-20-13-17-10(14)6-11(15)18-13/h6,8-9H,2-5,7H2,1H3,(H,16,19)(H4,14,15,17,18)/t8-,9-/m0/s1. The maximum atomic E-state index is 12.0. The van der Waals surface area contributed by atoms with Gasteiger partial charge in [0.05, 0.1) is 5.75 Å². The molecule has 0 spiro atoms. The average Bonchev–Trinajstić information content (AvgIpc) is 2.38. The van der Waals surface area contributed by atoms with Crippen LogP contribution < -0.4 is 16.8 Å². The number of nitrogen functional groups attached to an aromatic ring is 2. The first-order valence-corrected chi connectivity index (χ1v) is 7.85. The number of amides is 1. The molecule has 0 bridgehead atoms. The summed E-state index contributed by atoms with van der Waals surface area (Å²) in [5.41, 5.74) is 11.2. The molecule has 0 saturated heterocycles. The number of carbonyl (C=O) groups excluding carboxylic acids is 1. The van der Waals surface area contributed by atoms with Crippen LogP contribution in [0.15, 0.2) is 11.2 Å². The van der Waals surface area contributed by atoms with Crippen molar-refractivity contribution < 1.29 is 4.79 Å². The minimum absolute atomic E-state index is 0.0124. The number of hydrogen-bond donors (Lipinski definition) is 3. The van der Waals surface area contributed by atoms with Gasteiger partial charge in [0, 0.05) is 12.1 Å². The maximum Gasteiger partial charge on any atom is 0.230 e. The Morgan fingerprint density at radius 2 is 2.00 bits per heavy atom. The van der Waals surface area contributed by atoms with Crippen molar-refractivity contribution in [3.63, 3.8) is 0 Å². The van der Waals surface area contributed by atoms with Crippen molar-refractivity contribution in [2.75, 3.05) is 17.2 Å². The first-order valence-electron chi connectivity index (χ1n) is 6.87. The Morgan fingerprint density at radius 1 is 1.35 bits per heavy atom. The van der Waals surface area contributed by atoms with Gasteiger partial charge >= 0.3 is 0 Å². The first-order chi connectivity index (χ1) is 9.54. The number of thioether (sulfide) groups is 1. The van der Waals surface area contributed by atoms with Crippen molar-refractivity contribution in [1.29, 1.82) is 0 Å². The Labute approximate surface area is 123 Å². The zero-order chi connectivity index (χ0) is 14.5. The molecule has 20 heavy (non-hydrogen) atoms. The van der Waals surface area contributed by atoms with Crippen LogP contribution in [0.3, 0.4) is 0 Å². The molecule has 1 aromatic rings. The van der Waals surface area contributed by atoms with Crippen LogP contribution in [-0.4, -0.2) is 27.7 Å². The number of carbonyl (C=O) groups is 1. The lowest BCUT2D eigenvalue weighted by molar-refractivity contribution is -0.119. The van der Waals surface area contributed by atoms with Gasteiger partial charge in [0.2, 0.25) is 5.91 Å². The Balaban J connectivity index is 1.82. The fourth-order valence-corrected chi connectivity index (χ4v) is 3.12. The molecular formula is C13H21N5OS. The van der Waals surface area contributed by atoms with Gasteiger partial charge in [0.15, 0.2) is 5.16 Å². The van der Waals surface area contributed by atoms with Crippen LogP contribution in [0.25, 0.3) is 0 Å². The largest absolute Gasteiger partial charge is 0.383 e. The fraction of sp³-hybridized carbons (Fsp3) is 0.615. The number of rotatable bonds is 4. The van der Waals surface area contributed by atoms with Crippen molar-refractivity contribution in [2.24, 2.45) is 5.92 Å². The summed E-state index contributed by atoms with van der Waals surface area (Å²) in [6, 6.07) is 1.79. The molecule has 5 N–H and O–H groups in total. The van der Waals surface area contributed by atoms with Crippen LogP contribution in [-0.2, 0) is 4.79 Å². The molecule has 2 atom stereocenters. The van der Waals surface area contributed by atoms with Crippen molar-refractivity contribution in [3.05, 3.63) is 6.07 Å². The van der Waals surface area contributed by atoms with E-state index in [2.05, 4.69) is 22.2 Å². The fourth-order valence-electron chi connectivity index (χ4n) is 2.44. The highest BCUT2D eigenvalue weighted by atomic mass is 32.2. The van der Waals surface area contributed by atoms with Crippen LogP contribution in [0.4, 0.5) is 11.6 Å². The zero-order valence-corrected chi connectivity index (χ0v) is 12.4. The maximum absolute atomic E-state index is 12.0. The zero-order valence-electron chi connectivity index (χ0n) is 11.6. The highest BCUT2D eigenvalue weighted by molar-refractivity contribution is 7.99. The van der Waals surface area contributed by atoms with E-state index in [1.54, 1.807) is 0 Å². The van der Waals surface area contributed by atoms with Gasteiger partial charge in [-0.2, -0.15) is 0 Å². The molecule has 0 radical (unpaired) electrons. The van der Waals surface area contributed by atoms with E-state index in [1.807, 2.05) is 0 Å². The second-order valence-corrected chi connectivity index (χ2v) is 6.17. The molecule has 0 aliphatic heterocycles. The van der Waals surface area contributed by atoms with Crippen LogP contribution in [0.2, 0.25) is 0 Å². The predicted molar refractivity (Wildman–Crippen MR) is 81.1 cm³/mol. The molecule has 110 valence electrons. The third kappa shape index (κ3) is 4.26. The third-order valence-electron chi connectivity index (χ3n) is 3.54. The van der Waals surface area contributed by atoms with Crippen molar-refractivity contribution in [2.45, 2.75) is 43.8 Å². The Kier molecular flexibility index (Phi) is 5.05. The quantitative estimate of drug-likeness (QED) is 0.573. The molecule has 1 aromatic heterocycles. The molecule has 0 unspecified atom stereocenters. The normalized spacial score (nSPS) is 22.4. The van der Waals surface area contributed by atoms with E-state index in [-0.39, 0.29) is 11.7 Å². The van der Waals surface area contributed by atoms with Crippen molar-refractivity contribution in [3.8, 4) is 0 Å². The van der Waals surface area contributed by atoms with E-state index in [0.29, 0.717) is 28.8 Å². The second-order valence-electron chi connectivity index (χ2n) is 5.22. The van der Waals surface area contributed by atoms with Gasteiger partial charge in [-0.05, 0) is 18.8 Å². The highest BCUT2D eigenvalue weighted by Gasteiger charge is 2.22. The van der Waals surface area contributed by atoms with E-state index in [9.17, 15) is 4.79 Å². The molecule has 1 fully saturated rings. The molecule has 6 nitrogen and oxygen atoms in total. The van der Waals surface area contributed by atoms with E-state index in [4.69, 9.17) is 11.5 Å².